The van der Waals surface area contributed by atoms with Crippen molar-refractivity contribution in [2.75, 3.05) is 12.4 Å². The number of hydrogen-bond acceptors (Lipinski definition) is 4. The van der Waals surface area contributed by atoms with E-state index in [0.717, 1.165) is 0 Å². The summed E-state index contributed by atoms with van der Waals surface area (Å²) in [6.45, 7) is 1.47. The van der Waals surface area contributed by atoms with E-state index in [1.165, 1.54) is 32.2 Å². The van der Waals surface area contributed by atoms with Crippen molar-refractivity contribution in [1.29, 1.82) is 0 Å². The summed E-state index contributed by atoms with van der Waals surface area (Å²) in [5.41, 5.74) is 0.698. The van der Waals surface area contributed by atoms with Gasteiger partial charge in [0.2, 0.25) is 0 Å². The van der Waals surface area contributed by atoms with Gasteiger partial charge in [-0.25, -0.2) is 4.79 Å². The van der Waals surface area contributed by atoms with Gasteiger partial charge in [0.25, 0.3) is 5.91 Å². The molecule has 126 valence electrons. The van der Waals surface area contributed by atoms with E-state index in [-0.39, 0.29) is 10.6 Å². The molecule has 0 aromatic heterocycles. The van der Waals surface area contributed by atoms with E-state index >= 15 is 0 Å². The lowest BCUT2D eigenvalue weighted by atomic mass is 10.2. The predicted molar refractivity (Wildman–Crippen MR) is 93.0 cm³/mol. The van der Waals surface area contributed by atoms with Crippen LogP contribution in [0.3, 0.4) is 0 Å². The number of carbonyl (C=O) groups is 2. The molecule has 0 fully saturated rings. The van der Waals surface area contributed by atoms with Gasteiger partial charge in [-0.05, 0) is 37.3 Å². The molecule has 0 saturated carbocycles. The molecular weight excluding hydrogens is 353 g/mol. The third kappa shape index (κ3) is 4.40. The highest BCUT2D eigenvalue weighted by Gasteiger charge is 2.20. The van der Waals surface area contributed by atoms with Crippen molar-refractivity contribution in [3.05, 3.63) is 58.1 Å². The molecule has 2 aromatic rings. The van der Waals surface area contributed by atoms with Gasteiger partial charge in [0.15, 0.2) is 6.10 Å². The highest BCUT2D eigenvalue weighted by Crippen LogP contribution is 2.24. The molecule has 2 aromatic carbocycles. The van der Waals surface area contributed by atoms with Gasteiger partial charge in [-0.1, -0.05) is 35.3 Å². The van der Waals surface area contributed by atoms with Gasteiger partial charge in [-0.2, -0.15) is 0 Å². The Morgan fingerprint density at radius 3 is 2.46 bits per heavy atom. The molecule has 24 heavy (non-hydrogen) atoms. The first kappa shape index (κ1) is 18.1. The molecule has 0 aliphatic rings. The first-order valence-electron chi connectivity index (χ1n) is 7.02. The Hall–Kier alpha value is -2.24. The molecule has 0 radical (unpaired) electrons. The first-order valence-corrected chi connectivity index (χ1v) is 7.78. The maximum Gasteiger partial charge on any atom is 0.338 e. The summed E-state index contributed by atoms with van der Waals surface area (Å²) >= 11 is 11.7. The van der Waals surface area contributed by atoms with Crippen molar-refractivity contribution >= 4 is 40.8 Å². The number of carbonyl (C=O) groups excluding carboxylic acids is 2. The highest BCUT2D eigenvalue weighted by atomic mass is 35.5. The molecule has 1 unspecified atom stereocenters. The normalized spacial score (nSPS) is 11.5. The smallest absolute Gasteiger partial charge is 0.338 e. The zero-order valence-electron chi connectivity index (χ0n) is 13.0. The highest BCUT2D eigenvalue weighted by molar-refractivity contribution is 6.42. The topological polar surface area (TPSA) is 64.6 Å². The number of halogens is 2. The van der Waals surface area contributed by atoms with Crippen molar-refractivity contribution in [3.63, 3.8) is 0 Å². The average Bonchev–Trinajstić information content (AvgIpc) is 2.57. The fraction of sp³-hybridized carbons (Fsp3) is 0.176. The van der Waals surface area contributed by atoms with E-state index in [9.17, 15) is 9.59 Å². The maximum atomic E-state index is 12.2. The number of rotatable bonds is 5. The summed E-state index contributed by atoms with van der Waals surface area (Å²) in [6.07, 6.45) is -1.00. The van der Waals surface area contributed by atoms with E-state index in [2.05, 4.69) is 5.32 Å². The Morgan fingerprint density at radius 1 is 1.08 bits per heavy atom. The molecule has 5 nitrogen and oxygen atoms in total. The lowest BCUT2D eigenvalue weighted by Gasteiger charge is -2.15. The number of methoxy groups -OCH3 is 1. The Labute approximate surface area is 149 Å². The van der Waals surface area contributed by atoms with Crippen molar-refractivity contribution in [3.8, 4) is 5.75 Å². The molecular formula is C17H15Cl2NO4. The second kappa shape index (κ2) is 8.04. The third-order valence-corrected chi connectivity index (χ3v) is 3.91. The van der Waals surface area contributed by atoms with E-state index in [1.807, 2.05) is 0 Å². The molecule has 0 saturated heterocycles. The van der Waals surface area contributed by atoms with E-state index in [0.29, 0.717) is 16.5 Å². The van der Waals surface area contributed by atoms with Crippen LogP contribution in [0.15, 0.2) is 42.5 Å². The number of amides is 1. The molecule has 1 amide bonds. The van der Waals surface area contributed by atoms with E-state index in [4.69, 9.17) is 32.7 Å². The Bertz CT molecular complexity index is 764. The molecule has 0 aliphatic carbocycles. The van der Waals surface area contributed by atoms with Crippen molar-refractivity contribution in [2.45, 2.75) is 13.0 Å². The monoisotopic (exact) mass is 367 g/mol. The lowest BCUT2D eigenvalue weighted by Crippen LogP contribution is -2.30. The zero-order chi connectivity index (χ0) is 17.7. The minimum absolute atomic E-state index is 0.210. The van der Waals surface area contributed by atoms with Crippen LogP contribution in [0.2, 0.25) is 10.0 Å². The summed E-state index contributed by atoms with van der Waals surface area (Å²) < 4.78 is 10.3. The molecule has 0 spiro atoms. The number of benzene rings is 2. The van der Waals surface area contributed by atoms with Gasteiger partial charge in [0, 0.05) is 0 Å². The number of ether oxygens (including phenoxy) is 2. The minimum atomic E-state index is -1.00. The molecule has 1 atom stereocenters. The zero-order valence-corrected chi connectivity index (χ0v) is 14.5. The minimum Gasteiger partial charge on any atom is -0.495 e. The van der Waals surface area contributed by atoms with Crippen LogP contribution in [0.5, 0.6) is 5.75 Å². The number of nitrogens with one attached hydrogen (secondary N) is 1. The standard InChI is InChI=1S/C17H15Cl2NO4/c1-10(16(21)20-14-5-3-4-6-15(14)23-2)24-17(22)11-7-8-12(18)13(19)9-11/h3-10H,1-2H3,(H,20,21). The van der Waals surface area contributed by atoms with E-state index < -0.39 is 18.0 Å². The lowest BCUT2D eigenvalue weighted by molar-refractivity contribution is -0.123. The summed E-state index contributed by atoms with van der Waals surface area (Å²) in [5.74, 6) is -0.641. The summed E-state index contributed by atoms with van der Waals surface area (Å²) in [5, 5.41) is 3.21. The first-order chi connectivity index (χ1) is 11.4. The van der Waals surface area contributed by atoms with Crippen molar-refractivity contribution in [2.24, 2.45) is 0 Å². The maximum absolute atomic E-state index is 12.2. The van der Waals surface area contributed by atoms with Gasteiger partial charge >= 0.3 is 5.97 Å². The largest absolute Gasteiger partial charge is 0.495 e. The summed E-state index contributed by atoms with van der Waals surface area (Å²) in [7, 11) is 1.50. The molecule has 7 heteroatoms. The molecule has 2 rings (SSSR count). The third-order valence-electron chi connectivity index (χ3n) is 3.17. The van der Waals surface area contributed by atoms with Gasteiger partial charge in [0.05, 0.1) is 28.4 Å². The number of anilines is 1. The fourth-order valence-electron chi connectivity index (χ4n) is 1.89. The van der Waals surface area contributed by atoms with Crippen LogP contribution in [0.1, 0.15) is 17.3 Å². The molecule has 1 N–H and O–H groups in total. The SMILES string of the molecule is COc1ccccc1NC(=O)C(C)OC(=O)c1ccc(Cl)c(Cl)c1. The van der Waals surface area contributed by atoms with Crippen molar-refractivity contribution in [1.82, 2.24) is 0 Å². The van der Waals surface area contributed by atoms with Crippen LogP contribution in [0, 0.1) is 0 Å². The molecule has 0 aliphatic heterocycles. The van der Waals surface area contributed by atoms with E-state index in [1.54, 1.807) is 24.3 Å². The van der Waals surface area contributed by atoms with Crippen LogP contribution < -0.4 is 10.1 Å². The van der Waals surface area contributed by atoms with Crippen LogP contribution in [0.4, 0.5) is 5.69 Å². The van der Waals surface area contributed by atoms with Gasteiger partial charge in [-0.3, -0.25) is 4.79 Å². The van der Waals surface area contributed by atoms with Crippen LogP contribution in [0.25, 0.3) is 0 Å². The Morgan fingerprint density at radius 2 is 1.79 bits per heavy atom. The molecule has 0 bridgehead atoms. The van der Waals surface area contributed by atoms with Crippen molar-refractivity contribution < 1.29 is 19.1 Å². The fourth-order valence-corrected chi connectivity index (χ4v) is 2.19. The summed E-state index contributed by atoms with van der Waals surface area (Å²) in [6, 6.07) is 11.3. The number of para-hydroxylation sites is 2. The number of esters is 1. The second-order valence-corrected chi connectivity index (χ2v) is 5.68. The second-order valence-electron chi connectivity index (χ2n) is 4.87. The van der Waals surface area contributed by atoms with Crippen LogP contribution >= 0.6 is 23.2 Å². The van der Waals surface area contributed by atoms with Crippen LogP contribution in [-0.4, -0.2) is 25.1 Å². The van der Waals surface area contributed by atoms with Gasteiger partial charge in [0.1, 0.15) is 5.75 Å². The Kier molecular flexibility index (Phi) is 6.06. The number of hydrogen-bond donors (Lipinski definition) is 1. The Balaban J connectivity index is 2.03. The van der Waals surface area contributed by atoms with Gasteiger partial charge in [-0.15, -0.1) is 0 Å². The quantitative estimate of drug-likeness (QED) is 0.804. The van der Waals surface area contributed by atoms with Gasteiger partial charge < -0.3 is 14.8 Å². The summed E-state index contributed by atoms with van der Waals surface area (Å²) in [4.78, 5) is 24.2. The van der Waals surface area contributed by atoms with Crippen LogP contribution in [-0.2, 0) is 9.53 Å². The molecule has 0 heterocycles. The predicted octanol–water partition coefficient (Wildman–Crippen LogP) is 4.19. The average molecular weight is 368 g/mol.